The molecule has 0 aromatic carbocycles. The molecule has 1 atom stereocenters. The smallest absolute Gasteiger partial charge is 0.313 e. The summed E-state index contributed by atoms with van der Waals surface area (Å²) in [6.07, 6.45) is 6.60. The highest BCUT2D eigenvalue weighted by molar-refractivity contribution is 5.77. The maximum Gasteiger partial charge on any atom is 0.313 e. The van der Waals surface area contributed by atoms with Gasteiger partial charge in [0.1, 0.15) is 0 Å². The Labute approximate surface area is 97.9 Å². The average Bonchev–Trinajstić information content (AvgIpc) is 3.11. The number of piperidine rings is 1. The van der Waals surface area contributed by atoms with Crippen LogP contribution in [0.4, 0.5) is 0 Å². The molecule has 2 fully saturated rings. The summed E-state index contributed by atoms with van der Waals surface area (Å²) in [5.74, 6) is 0.715. The van der Waals surface area contributed by atoms with Crippen molar-refractivity contribution in [3.05, 3.63) is 0 Å². The molecule has 3 nitrogen and oxygen atoms in total. The van der Waals surface area contributed by atoms with Gasteiger partial charge >= 0.3 is 5.97 Å². The Bertz CT molecular complexity index is 237. The number of hydrogen-bond acceptors (Lipinski definition) is 3. The lowest BCUT2D eigenvalue weighted by molar-refractivity contribution is -0.158. The van der Waals surface area contributed by atoms with Crippen LogP contribution in [0, 0.1) is 11.3 Å². The number of nitrogens with one attached hydrogen (secondary N) is 1. The van der Waals surface area contributed by atoms with E-state index in [4.69, 9.17) is 4.74 Å². The monoisotopic (exact) mass is 225 g/mol. The molecule has 0 aromatic heterocycles. The Morgan fingerprint density at radius 3 is 2.88 bits per heavy atom. The minimum atomic E-state index is -0.220. The lowest BCUT2D eigenvalue weighted by Gasteiger charge is -2.35. The molecule has 1 aliphatic carbocycles. The van der Waals surface area contributed by atoms with Crippen molar-refractivity contribution in [2.24, 2.45) is 11.3 Å². The molecule has 1 aliphatic heterocycles. The molecule has 1 unspecified atom stereocenters. The van der Waals surface area contributed by atoms with Gasteiger partial charge in [0, 0.05) is 6.54 Å². The average molecular weight is 225 g/mol. The molecule has 2 rings (SSSR count). The molecule has 0 amide bonds. The van der Waals surface area contributed by atoms with Crippen LogP contribution in [-0.2, 0) is 9.53 Å². The van der Waals surface area contributed by atoms with E-state index in [-0.39, 0.29) is 11.4 Å². The highest BCUT2D eigenvalue weighted by Gasteiger charge is 2.40. The summed E-state index contributed by atoms with van der Waals surface area (Å²) in [6, 6.07) is 0. The normalized spacial score (nSPS) is 30.1. The van der Waals surface area contributed by atoms with E-state index in [0.717, 1.165) is 38.8 Å². The Morgan fingerprint density at radius 1 is 1.50 bits per heavy atom. The molecule has 0 aromatic rings. The molecule has 3 heteroatoms. The zero-order valence-electron chi connectivity index (χ0n) is 10.3. The van der Waals surface area contributed by atoms with Crippen molar-refractivity contribution >= 4 is 5.97 Å². The molecule has 1 N–H and O–H groups in total. The largest absolute Gasteiger partial charge is 0.465 e. The Kier molecular flexibility index (Phi) is 3.85. The first kappa shape index (κ1) is 11.9. The fourth-order valence-electron chi connectivity index (χ4n) is 2.57. The van der Waals surface area contributed by atoms with Crippen molar-refractivity contribution in [1.82, 2.24) is 5.32 Å². The lowest BCUT2D eigenvalue weighted by Crippen LogP contribution is -2.46. The van der Waals surface area contributed by atoms with E-state index in [1.807, 2.05) is 0 Å². The first-order valence-electron chi connectivity index (χ1n) is 6.65. The number of esters is 1. The third-order valence-electron chi connectivity index (χ3n) is 3.78. The van der Waals surface area contributed by atoms with E-state index in [2.05, 4.69) is 12.2 Å². The Morgan fingerprint density at radius 2 is 2.31 bits per heavy atom. The second kappa shape index (κ2) is 5.17. The standard InChI is InChI=1S/C13H23NO2/c1-2-6-13(7-3-8-14-10-13)12(15)16-9-11-4-5-11/h11,14H,2-10H2,1H3. The van der Waals surface area contributed by atoms with Gasteiger partial charge in [0.2, 0.25) is 0 Å². The fraction of sp³-hybridized carbons (Fsp3) is 0.923. The van der Waals surface area contributed by atoms with Gasteiger partial charge in [-0.05, 0) is 44.6 Å². The molecular weight excluding hydrogens is 202 g/mol. The van der Waals surface area contributed by atoms with Gasteiger partial charge in [-0.15, -0.1) is 0 Å². The molecule has 0 spiro atoms. The van der Waals surface area contributed by atoms with Crippen LogP contribution in [-0.4, -0.2) is 25.7 Å². The quantitative estimate of drug-likeness (QED) is 0.728. The number of carbonyl (C=O) groups excluding carboxylic acids is 1. The third-order valence-corrected chi connectivity index (χ3v) is 3.78. The van der Waals surface area contributed by atoms with E-state index >= 15 is 0 Å². The molecule has 1 saturated heterocycles. The van der Waals surface area contributed by atoms with Crippen molar-refractivity contribution in [2.45, 2.75) is 45.4 Å². The van der Waals surface area contributed by atoms with Gasteiger partial charge in [-0.1, -0.05) is 13.3 Å². The van der Waals surface area contributed by atoms with Gasteiger partial charge in [-0.25, -0.2) is 0 Å². The van der Waals surface area contributed by atoms with Crippen molar-refractivity contribution in [3.8, 4) is 0 Å². The Balaban J connectivity index is 1.89. The lowest BCUT2D eigenvalue weighted by atomic mass is 9.77. The van der Waals surface area contributed by atoms with Crippen LogP contribution in [0.1, 0.15) is 45.4 Å². The van der Waals surface area contributed by atoms with E-state index in [1.165, 1.54) is 12.8 Å². The van der Waals surface area contributed by atoms with Crippen molar-refractivity contribution in [2.75, 3.05) is 19.7 Å². The molecule has 92 valence electrons. The first-order chi connectivity index (χ1) is 7.77. The van der Waals surface area contributed by atoms with Gasteiger partial charge in [-0.2, -0.15) is 0 Å². The zero-order valence-corrected chi connectivity index (χ0v) is 10.3. The van der Waals surface area contributed by atoms with Gasteiger partial charge < -0.3 is 10.1 Å². The van der Waals surface area contributed by atoms with Crippen molar-refractivity contribution in [3.63, 3.8) is 0 Å². The molecule has 0 radical (unpaired) electrons. The second-order valence-electron chi connectivity index (χ2n) is 5.35. The topological polar surface area (TPSA) is 38.3 Å². The van der Waals surface area contributed by atoms with Crippen LogP contribution in [0.2, 0.25) is 0 Å². The number of carbonyl (C=O) groups is 1. The van der Waals surface area contributed by atoms with Crippen LogP contribution in [0.15, 0.2) is 0 Å². The predicted molar refractivity (Wildman–Crippen MR) is 63.1 cm³/mol. The summed E-state index contributed by atoms with van der Waals surface area (Å²) >= 11 is 0. The molecule has 0 bridgehead atoms. The molecular formula is C13H23NO2. The van der Waals surface area contributed by atoms with E-state index in [9.17, 15) is 4.79 Å². The van der Waals surface area contributed by atoms with Crippen LogP contribution < -0.4 is 5.32 Å². The highest BCUT2D eigenvalue weighted by atomic mass is 16.5. The molecule has 16 heavy (non-hydrogen) atoms. The summed E-state index contributed by atoms with van der Waals surface area (Å²) in [4.78, 5) is 12.2. The van der Waals surface area contributed by atoms with Crippen LogP contribution in [0.5, 0.6) is 0 Å². The molecule has 1 heterocycles. The number of rotatable bonds is 5. The van der Waals surface area contributed by atoms with E-state index in [1.54, 1.807) is 0 Å². The fourth-order valence-corrected chi connectivity index (χ4v) is 2.57. The van der Waals surface area contributed by atoms with Gasteiger partial charge in [0.15, 0.2) is 0 Å². The van der Waals surface area contributed by atoms with Gasteiger partial charge in [0.25, 0.3) is 0 Å². The number of ether oxygens (including phenoxy) is 1. The maximum atomic E-state index is 12.2. The molecule has 2 aliphatic rings. The van der Waals surface area contributed by atoms with Gasteiger partial charge in [0.05, 0.1) is 12.0 Å². The first-order valence-corrected chi connectivity index (χ1v) is 6.65. The van der Waals surface area contributed by atoms with E-state index in [0.29, 0.717) is 12.5 Å². The van der Waals surface area contributed by atoms with Gasteiger partial charge in [-0.3, -0.25) is 4.79 Å². The third kappa shape index (κ3) is 2.76. The van der Waals surface area contributed by atoms with Crippen LogP contribution in [0.25, 0.3) is 0 Å². The Hall–Kier alpha value is -0.570. The second-order valence-corrected chi connectivity index (χ2v) is 5.35. The zero-order chi connectivity index (χ0) is 11.4. The van der Waals surface area contributed by atoms with Crippen molar-refractivity contribution < 1.29 is 9.53 Å². The maximum absolute atomic E-state index is 12.2. The SMILES string of the molecule is CCCC1(C(=O)OCC2CC2)CCCNC1. The number of hydrogen-bond donors (Lipinski definition) is 1. The van der Waals surface area contributed by atoms with Crippen LogP contribution in [0.3, 0.4) is 0 Å². The summed E-state index contributed by atoms with van der Waals surface area (Å²) in [5.41, 5.74) is -0.220. The minimum absolute atomic E-state index is 0.0495. The summed E-state index contributed by atoms with van der Waals surface area (Å²) in [5, 5.41) is 3.34. The minimum Gasteiger partial charge on any atom is -0.465 e. The van der Waals surface area contributed by atoms with E-state index < -0.39 is 0 Å². The molecule has 1 saturated carbocycles. The summed E-state index contributed by atoms with van der Waals surface area (Å²) < 4.78 is 5.48. The predicted octanol–water partition coefficient (Wildman–Crippen LogP) is 2.11. The summed E-state index contributed by atoms with van der Waals surface area (Å²) in [7, 11) is 0. The van der Waals surface area contributed by atoms with Crippen molar-refractivity contribution in [1.29, 1.82) is 0 Å². The van der Waals surface area contributed by atoms with Crippen LogP contribution >= 0.6 is 0 Å². The highest BCUT2D eigenvalue weighted by Crippen LogP contribution is 2.35. The summed E-state index contributed by atoms with van der Waals surface area (Å²) in [6.45, 7) is 4.65.